The number of nitrogens with one attached hydrogen (secondary N) is 3. The Labute approximate surface area is 202 Å². The zero-order valence-electron chi connectivity index (χ0n) is 20.7. The minimum atomic E-state index is -0.231. The molecule has 0 radical (unpaired) electrons. The van der Waals surface area contributed by atoms with Gasteiger partial charge in [-0.1, -0.05) is 52.0 Å². The summed E-state index contributed by atoms with van der Waals surface area (Å²) in [4.78, 5) is 14.6. The molecule has 0 saturated heterocycles. The maximum Gasteiger partial charge on any atom is 0.318 e. The summed E-state index contributed by atoms with van der Waals surface area (Å²) in [7, 11) is 3.17. The first-order chi connectivity index (χ1) is 16.7. The second-order valence-electron chi connectivity index (χ2n) is 5.72. The maximum absolute atomic E-state index is 10.9. The number of aromatic nitrogens is 3. The van der Waals surface area contributed by atoms with Crippen molar-refractivity contribution in [3.63, 3.8) is 0 Å². The molecule has 0 saturated carbocycles. The fraction of sp³-hybridized carbons (Fsp3) is 0.231. The molecule has 0 fully saturated rings. The lowest BCUT2D eigenvalue weighted by Gasteiger charge is -2.04. The molecule has 0 aliphatic heterocycles. The number of rotatable bonds is 2. The SMILES string of the molecule is CC.CC.CNC(=O)Nc1ccc(OC)cc1.N#Cc1ccccn1.c1ccc2[nH]ncc2c1. The Bertz CT molecular complexity index is 1040. The molecule has 4 aromatic rings. The predicted octanol–water partition coefficient (Wildman–Crippen LogP) is 6.02. The third-order valence-electron chi connectivity index (χ3n) is 3.70. The summed E-state index contributed by atoms with van der Waals surface area (Å²) in [6.07, 6.45) is 3.41. The largest absolute Gasteiger partial charge is 0.497 e. The van der Waals surface area contributed by atoms with Gasteiger partial charge < -0.3 is 15.4 Å². The summed E-state index contributed by atoms with van der Waals surface area (Å²) in [5, 5.41) is 21.2. The molecule has 4 rings (SSSR count). The van der Waals surface area contributed by atoms with Gasteiger partial charge >= 0.3 is 6.03 Å². The molecule has 2 amide bonds. The Kier molecular flexibility index (Phi) is 16.8. The highest BCUT2D eigenvalue weighted by atomic mass is 16.5. The van der Waals surface area contributed by atoms with Crippen LogP contribution in [0, 0.1) is 11.3 Å². The van der Waals surface area contributed by atoms with Crippen LogP contribution < -0.4 is 15.4 Å². The number of urea groups is 1. The number of para-hydroxylation sites is 1. The van der Waals surface area contributed by atoms with E-state index in [0.717, 1.165) is 22.3 Å². The molecular formula is C26H34N6O2. The summed E-state index contributed by atoms with van der Waals surface area (Å²) in [5.74, 6) is 0.766. The Morgan fingerprint density at radius 1 is 0.971 bits per heavy atom. The molecule has 180 valence electrons. The number of anilines is 1. The molecule has 0 bridgehead atoms. The first-order valence-electron chi connectivity index (χ1n) is 11.0. The summed E-state index contributed by atoms with van der Waals surface area (Å²) in [6.45, 7) is 8.00. The summed E-state index contributed by atoms with van der Waals surface area (Å²) >= 11 is 0. The van der Waals surface area contributed by atoms with E-state index in [0.29, 0.717) is 5.69 Å². The number of nitriles is 1. The first-order valence-corrected chi connectivity index (χ1v) is 11.0. The highest BCUT2D eigenvalue weighted by Gasteiger charge is 1.97. The van der Waals surface area contributed by atoms with E-state index in [4.69, 9.17) is 10.00 Å². The number of hydrogen-bond acceptors (Lipinski definition) is 5. The smallest absolute Gasteiger partial charge is 0.318 e. The standard InChI is InChI=1S/C9H12N2O2.C7H6N2.C6H4N2.2C2H6/c1-10-9(12)11-7-3-5-8(13-2)6-4-7;1-2-4-7-6(3-1)5-8-9-7;7-5-6-3-1-2-4-8-6;2*1-2/h3-6H,1-2H3,(H2,10,11,12);1-5H,(H,8,9);1-4H;2*1-2H3. The minimum absolute atomic E-state index is 0.231. The van der Waals surface area contributed by atoms with Gasteiger partial charge in [0.1, 0.15) is 17.5 Å². The number of benzene rings is 2. The molecule has 3 N–H and O–H groups in total. The number of methoxy groups -OCH3 is 1. The monoisotopic (exact) mass is 462 g/mol. The van der Waals surface area contributed by atoms with E-state index in [1.165, 1.54) is 0 Å². The average Bonchev–Trinajstić information content (AvgIpc) is 3.41. The van der Waals surface area contributed by atoms with E-state index in [1.54, 1.807) is 62.8 Å². The summed E-state index contributed by atoms with van der Waals surface area (Å²) < 4.78 is 4.97. The second-order valence-corrected chi connectivity index (χ2v) is 5.72. The van der Waals surface area contributed by atoms with Crippen molar-refractivity contribution in [3.8, 4) is 11.8 Å². The van der Waals surface area contributed by atoms with Crippen molar-refractivity contribution >= 4 is 22.6 Å². The van der Waals surface area contributed by atoms with E-state index in [2.05, 4.69) is 25.8 Å². The van der Waals surface area contributed by atoms with Gasteiger partial charge in [0.25, 0.3) is 0 Å². The van der Waals surface area contributed by atoms with Crippen LogP contribution in [0.5, 0.6) is 5.75 Å². The number of aromatic amines is 1. The molecule has 8 heteroatoms. The van der Waals surface area contributed by atoms with Crippen molar-refractivity contribution in [1.29, 1.82) is 5.26 Å². The van der Waals surface area contributed by atoms with Crippen LogP contribution in [0.25, 0.3) is 10.9 Å². The van der Waals surface area contributed by atoms with Crippen LogP contribution in [-0.2, 0) is 0 Å². The molecular weight excluding hydrogens is 428 g/mol. The lowest BCUT2D eigenvalue weighted by molar-refractivity contribution is 0.254. The Morgan fingerprint density at radius 2 is 1.62 bits per heavy atom. The van der Waals surface area contributed by atoms with Crippen molar-refractivity contribution in [2.24, 2.45) is 0 Å². The minimum Gasteiger partial charge on any atom is -0.497 e. The van der Waals surface area contributed by atoms with Crippen LogP contribution in [0.2, 0.25) is 0 Å². The van der Waals surface area contributed by atoms with Gasteiger partial charge in [-0.15, -0.1) is 0 Å². The van der Waals surface area contributed by atoms with Gasteiger partial charge in [-0.2, -0.15) is 10.4 Å². The zero-order valence-corrected chi connectivity index (χ0v) is 20.7. The number of carbonyl (C=O) groups excluding carboxylic acids is 1. The zero-order chi connectivity index (χ0) is 25.6. The normalized spacial score (nSPS) is 8.38. The van der Waals surface area contributed by atoms with Crippen LogP contribution >= 0.6 is 0 Å². The number of nitrogens with zero attached hydrogens (tertiary/aromatic N) is 3. The number of hydrogen-bond donors (Lipinski definition) is 3. The Balaban J connectivity index is 0.000000458. The lowest BCUT2D eigenvalue weighted by Crippen LogP contribution is -2.24. The maximum atomic E-state index is 10.9. The summed E-state index contributed by atoms with van der Waals surface area (Å²) in [6, 6.07) is 22.0. The van der Waals surface area contributed by atoms with Gasteiger partial charge in [-0.05, 0) is 42.5 Å². The molecule has 34 heavy (non-hydrogen) atoms. The fourth-order valence-corrected chi connectivity index (χ4v) is 2.18. The van der Waals surface area contributed by atoms with Crippen LogP contribution in [-0.4, -0.2) is 35.4 Å². The van der Waals surface area contributed by atoms with Crippen LogP contribution in [0.3, 0.4) is 0 Å². The molecule has 0 aliphatic rings. The number of carbonyl (C=O) groups is 1. The van der Waals surface area contributed by atoms with Crippen LogP contribution in [0.15, 0.2) is 79.1 Å². The van der Waals surface area contributed by atoms with Crippen molar-refractivity contribution < 1.29 is 9.53 Å². The Morgan fingerprint density at radius 3 is 2.12 bits per heavy atom. The quantitative estimate of drug-likeness (QED) is 0.337. The van der Waals surface area contributed by atoms with Gasteiger partial charge in [0.05, 0.1) is 18.8 Å². The van der Waals surface area contributed by atoms with E-state index in [9.17, 15) is 4.79 Å². The van der Waals surface area contributed by atoms with Gasteiger partial charge in [-0.25, -0.2) is 9.78 Å². The topological polar surface area (TPSA) is 116 Å². The van der Waals surface area contributed by atoms with Crippen molar-refractivity contribution in [1.82, 2.24) is 20.5 Å². The number of H-pyrrole nitrogens is 1. The van der Waals surface area contributed by atoms with Gasteiger partial charge in [0, 0.05) is 24.3 Å². The van der Waals surface area contributed by atoms with E-state index in [-0.39, 0.29) is 6.03 Å². The molecule has 0 aliphatic carbocycles. The molecule has 0 spiro atoms. The molecule has 8 nitrogen and oxygen atoms in total. The van der Waals surface area contributed by atoms with Gasteiger partial charge in [-0.3, -0.25) is 5.10 Å². The molecule has 2 aromatic heterocycles. The van der Waals surface area contributed by atoms with Gasteiger partial charge in [0.15, 0.2) is 0 Å². The second kappa shape index (κ2) is 19.3. The van der Waals surface area contributed by atoms with Crippen LogP contribution in [0.4, 0.5) is 10.5 Å². The van der Waals surface area contributed by atoms with E-state index in [1.807, 2.05) is 64.2 Å². The average molecular weight is 463 g/mol. The van der Waals surface area contributed by atoms with Gasteiger partial charge in [0.2, 0.25) is 0 Å². The first kappa shape index (κ1) is 29.6. The fourth-order valence-electron chi connectivity index (χ4n) is 2.18. The number of pyridine rings is 1. The highest BCUT2D eigenvalue weighted by molar-refractivity contribution is 5.88. The number of fused-ring (bicyclic) bond motifs is 1. The Hall–Kier alpha value is -4.38. The van der Waals surface area contributed by atoms with E-state index < -0.39 is 0 Å². The number of amides is 2. The van der Waals surface area contributed by atoms with Crippen LogP contribution in [0.1, 0.15) is 33.4 Å². The van der Waals surface area contributed by atoms with Crippen molar-refractivity contribution in [2.75, 3.05) is 19.5 Å². The molecule has 2 aromatic carbocycles. The predicted molar refractivity (Wildman–Crippen MR) is 139 cm³/mol. The van der Waals surface area contributed by atoms with E-state index >= 15 is 0 Å². The van der Waals surface area contributed by atoms with Crippen molar-refractivity contribution in [2.45, 2.75) is 27.7 Å². The highest BCUT2D eigenvalue weighted by Crippen LogP contribution is 2.14. The van der Waals surface area contributed by atoms with Crippen molar-refractivity contribution in [3.05, 3.63) is 84.8 Å². The number of ether oxygens (including phenoxy) is 1. The molecule has 0 atom stereocenters. The molecule has 2 heterocycles. The third-order valence-corrected chi connectivity index (χ3v) is 3.70. The lowest BCUT2D eigenvalue weighted by atomic mass is 10.3. The molecule has 0 unspecified atom stereocenters. The summed E-state index contributed by atoms with van der Waals surface area (Å²) in [5.41, 5.74) is 2.30. The third kappa shape index (κ3) is 11.9.